The molecule has 6 heteroatoms. The average molecular weight is 428 g/mol. The molecule has 1 amide bonds. The molecule has 5 rings (SSSR count). The van der Waals surface area contributed by atoms with Gasteiger partial charge in [0, 0.05) is 35.1 Å². The van der Waals surface area contributed by atoms with E-state index in [1.165, 1.54) is 0 Å². The topological polar surface area (TPSA) is 78.7 Å². The summed E-state index contributed by atoms with van der Waals surface area (Å²) in [6.07, 6.45) is 5.85. The summed E-state index contributed by atoms with van der Waals surface area (Å²) >= 11 is 0. The van der Waals surface area contributed by atoms with E-state index in [4.69, 9.17) is 0 Å². The number of hydrogen-bond acceptors (Lipinski definition) is 5. The molecule has 164 valence electrons. The fourth-order valence-electron chi connectivity index (χ4n) is 5.42. The molecular formula is C26H29N5O. The van der Waals surface area contributed by atoms with Gasteiger partial charge in [-0.05, 0) is 61.6 Å². The fraction of sp³-hybridized carbons (Fsp3) is 0.385. The zero-order valence-electron chi connectivity index (χ0n) is 19.1. The van der Waals surface area contributed by atoms with Crippen LogP contribution in [0.3, 0.4) is 0 Å². The van der Waals surface area contributed by atoms with Crippen LogP contribution in [-0.4, -0.2) is 22.6 Å². The molecule has 0 saturated carbocycles. The van der Waals surface area contributed by atoms with Crippen LogP contribution in [0.5, 0.6) is 0 Å². The first-order valence-corrected chi connectivity index (χ1v) is 11.4. The number of aromatic nitrogens is 1. The van der Waals surface area contributed by atoms with Gasteiger partial charge in [-0.1, -0.05) is 32.0 Å². The van der Waals surface area contributed by atoms with E-state index in [9.17, 15) is 4.79 Å². The highest BCUT2D eigenvalue weighted by molar-refractivity contribution is 6.00. The van der Waals surface area contributed by atoms with Gasteiger partial charge in [-0.2, -0.15) is 10.2 Å². The Kier molecular flexibility index (Phi) is 4.77. The van der Waals surface area contributed by atoms with Crippen molar-refractivity contribution in [1.29, 1.82) is 0 Å². The Morgan fingerprint density at radius 3 is 2.72 bits per heavy atom. The van der Waals surface area contributed by atoms with Gasteiger partial charge < -0.3 is 10.6 Å². The number of rotatable bonds is 4. The van der Waals surface area contributed by atoms with Gasteiger partial charge in [0.2, 0.25) is 0 Å². The highest BCUT2D eigenvalue weighted by Crippen LogP contribution is 2.51. The first kappa shape index (κ1) is 20.6. The van der Waals surface area contributed by atoms with E-state index in [0.29, 0.717) is 0 Å². The van der Waals surface area contributed by atoms with E-state index in [-0.39, 0.29) is 17.6 Å². The highest BCUT2D eigenvalue weighted by atomic mass is 16.2. The quantitative estimate of drug-likeness (QED) is 0.736. The zero-order valence-corrected chi connectivity index (χ0v) is 19.1. The maximum Gasteiger partial charge on any atom is 0.250 e. The van der Waals surface area contributed by atoms with Crippen LogP contribution in [0.1, 0.15) is 51.8 Å². The Balaban J connectivity index is 1.71. The lowest BCUT2D eigenvalue weighted by molar-refractivity contribution is -0.120. The molecule has 0 bridgehead atoms. The summed E-state index contributed by atoms with van der Waals surface area (Å²) in [5.74, 6) is -0.0144. The standard InChI is InChI=1S/C26H29N5O/c1-5-19-13-17(10-11-27-19)16-8-7-9-18(12-16)26(6-2)20-15-28-31-23(20)29-21-14-25(3,4)30-24(32)22(21)26/h7-13,15,23,29H,5-6,14H2,1-4H3,(H,30,32)/t23?,26-/m1/s1. The van der Waals surface area contributed by atoms with Crippen LogP contribution in [0.25, 0.3) is 11.1 Å². The Morgan fingerprint density at radius 1 is 1.12 bits per heavy atom. The minimum Gasteiger partial charge on any atom is -0.362 e. The summed E-state index contributed by atoms with van der Waals surface area (Å²) in [7, 11) is 0. The average Bonchev–Trinajstić information content (AvgIpc) is 3.25. The van der Waals surface area contributed by atoms with E-state index in [1.807, 2.05) is 18.5 Å². The third-order valence-corrected chi connectivity index (χ3v) is 6.90. The molecule has 6 nitrogen and oxygen atoms in total. The lowest BCUT2D eigenvalue weighted by Crippen LogP contribution is -2.58. The summed E-state index contributed by atoms with van der Waals surface area (Å²) in [6.45, 7) is 8.37. The van der Waals surface area contributed by atoms with E-state index >= 15 is 0 Å². The van der Waals surface area contributed by atoms with Gasteiger partial charge >= 0.3 is 0 Å². The summed E-state index contributed by atoms with van der Waals surface area (Å²) in [4.78, 5) is 18.0. The number of amides is 1. The number of hydrogen-bond donors (Lipinski definition) is 2. The van der Waals surface area contributed by atoms with Crippen molar-refractivity contribution >= 4 is 5.91 Å². The van der Waals surface area contributed by atoms with Gasteiger partial charge in [-0.3, -0.25) is 9.78 Å². The summed E-state index contributed by atoms with van der Waals surface area (Å²) in [6, 6.07) is 12.7. The molecule has 0 saturated heterocycles. The second-order valence-corrected chi connectivity index (χ2v) is 9.46. The second kappa shape index (κ2) is 7.40. The van der Waals surface area contributed by atoms with Crippen molar-refractivity contribution in [2.75, 3.05) is 0 Å². The number of nitrogens with one attached hydrogen (secondary N) is 2. The third-order valence-electron chi connectivity index (χ3n) is 6.90. The number of benzene rings is 1. The molecule has 0 radical (unpaired) electrons. The predicted molar refractivity (Wildman–Crippen MR) is 125 cm³/mol. The monoisotopic (exact) mass is 427 g/mol. The Hall–Kier alpha value is -3.28. The lowest BCUT2D eigenvalue weighted by atomic mass is 9.62. The number of fused-ring (bicyclic) bond motifs is 1. The van der Waals surface area contributed by atoms with E-state index in [0.717, 1.165) is 58.5 Å². The van der Waals surface area contributed by atoms with Crippen molar-refractivity contribution in [1.82, 2.24) is 15.6 Å². The maximum absolute atomic E-state index is 13.5. The molecular weight excluding hydrogens is 398 g/mol. The van der Waals surface area contributed by atoms with Crippen molar-refractivity contribution in [2.45, 2.75) is 64.1 Å². The van der Waals surface area contributed by atoms with Gasteiger partial charge in [-0.25, -0.2) is 0 Å². The van der Waals surface area contributed by atoms with Crippen molar-refractivity contribution in [3.63, 3.8) is 0 Å². The SMILES string of the molecule is CCc1cc(-c2cccc([C@]3(CC)C4=CN=NC4NC4=C3C(=O)NC(C)(C)C4)c2)ccn1. The predicted octanol–water partition coefficient (Wildman–Crippen LogP) is 4.79. The van der Waals surface area contributed by atoms with Crippen LogP contribution in [0, 0.1) is 0 Å². The van der Waals surface area contributed by atoms with Crippen molar-refractivity contribution < 1.29 is 4.79 Å². The van der Waals surface area contributed by atoms with Crippen molar-refractivity contribution in [3.05, 3.63) is 76.9 Å². The molecule has 0 aliphatic carbocycles. The van der Waals surface area contributed by atoms with Crippen LogP contribution in [-0.2, 0) is 16.6 Å². The largest absolute Gasteiger partial charge is 0.362 e. The van der Waals surface area contributed by atoms with Crippen molar-refractivity contribution in [3.8, 4) is 11.1 Å². The third kappa shape index (κ3) is 3.08. The van der Waals surface area contributed by atoms with E-state index in [2.05, 4.69) is 83.9 Å². The number of carbonyl (C=O) groups excluding carboxylic acids is 1. The first-order chi connectivity index (χ1) is 15.4. The van der Waals surface area contributed by atoms with Gasteiger partial charge in [0.15, 0.2) is 6.17 Å². The Morgan fingerprint density at radius 2 is 1.94 bits per heavy atom. The molecule has 32 heavy (non-hydrogen) atoms. The van der Waals surface area contributed by atoms with Crippen LogP contribution in [0.2, 0.25) is 0 Å². The summed E-state index contributed by atoms with van der Waals surface area (Å²) in [5, 5.41) is 15.4. The van der Waals surface area contributed by atoms with Crippen LogP contribution >= 0.6 is 0 Å². The second-order valence-electron chi connectivity index (χ2n) is 9.46. The van der Waals surface area contributed by atoms with Gasteiger partial charge in [0.1, 0.15) is 0 Å². The first-order valence-electron chi connectivity index (χ1n) is 11.4. The van der Waals surface area contributed by atoms with Gasteiger partial charge in [0.05, 0.1) is 17.2 Å². The number of carbonyl (C=O) groups is 1. The smallest absolute Gasteiger partial charge is 0.250 e. The van der Waals surface area contributed by atoms with E-state index < -0.39 is 5.41 Å². The van der Waals surface area contributed by atoms with Gasteiger partial charge in [0.25, 0.3) is 5.91 Å². The highest BCUT2D eigenvalue weighted by Gasteiger charge is 2.53. The van der Waals surface area contributed by atoms with Crippen LogP contribution in [0.15, 0.2) is 75.9 Å². The number of pyridine rings is 1. The van der Waals surface area contributed by atoms with Crippen LogP contribution in [0.4, 0.5) is 0 Å². The molecule has 0 spiro atoms. The van der Waals surface area contributed by atoms with Crippen LogP contribution < -0.4 is 10.6 Å². The molecule has 2 N–H and O–H groups in total. The molecule has 2 atom stereocenters. The molecule has 3 aliphatic heterocycles. The zero-order chi connectivity index (χ0) is 22.5. The summed E-state index contributed by atoms with van der Waals surface area (Å²) < 4.78 is 0. The Bertz CT molecular complexity index is 1190. The molecule has 1 aromatic heterocycles. The molecule has 3 aliphatic rings. The summed E-state index contributed by atoms with van der Waals surface area (Å²) in [5.41, 5.74) is 6.34. The normalized spacial score (nSPS) is 25.6. The minimum atomic E-state index is -0.577. The van der Waals surface area contributed by atoms with E-state index in [1.54, 1.807) is 0 Å². The Labute approximate surface area is 188 Å². The number of nitrogens with zero attached hydrogens (tertiary/aromatic N) is 3. The molecule has 0 fully saturated rings. The van der Waals surface area contributed by atoms with Gasteiger partial charge in [-0.15, -0.1) is 0 Å². The number of azo groups is 1. The fourth-order valence-corrected chi connectivity index (χ4v) is 5.42. The molecule has 1 unspecified atom stereocenters. The maximum atomic E-state index is 13.5. The lowest BCUT2D eigenvalue weighted by Gasteiger charge is -2.48. The molecule has 4 heterocycles. The molecule has 2 aromatic rings. The van der Waals surface area contributed by atoms with Crippen molar-refractivity contribution in [2.24, 2.45) is 10.2 Å². The minimum absolute atomic E-state index is 0.0144. The molecule has 1 aromatic carbocycles. The number of aryl methyl sites for hydroxylation is 1.